The number of carboxylic acids is 1. The van der Waals surface area contributed by atoms with Crippen LogP contribution in [0.1, 0.15) is 56.4 Å². The molecule has 1 aromatic heterocycles. The Balaban J connectivity index is 2.33. The first-order valence-corrected chi connectivity index (χ1v) is 6.35. The van der Waals surface area contributed by atoms with Gasteiger partial charge in [-0.15, -0.1) is 0 Å². The van der Waals surface area contributed by atoms with Gasteiger partial charge in [-0.2, -0.15) is 5.10 Å². The minimum atomic E-state index is -1.11. The molecule has 1 amide bonds. The Morgan fingerprint density at radius 3 is 2.50 bits per heavy atom. The molecule has 110 valence electrons. The Morgan fingerprint density at radius 2 is 2.00 bits per heavy atom. The molecule has 0 bridgehead atoms. The number of aromatic amines is 1. The van der Waals surface area contributed by atoms with E-state index >= 15 is 0 Å². The minimum Gasteiger partial charge on any atom is -0.476 e. The molecule has 0 aromatic carbocycles. The smallest absolute Gasteiger partial charge is 0.411 e. The first-order chi connectivity index (χ1) is 9.04. The standard InChI is InChI=1S/C13H19N3O4/c1-12(2,3)20-11(19)16-6-7-8(10(17)18)14-15-9(7)13(16,4)5/h6H2,1-5H3,(H,14,15)(H,17,18). The predicted octanol–water partition coefficient (Wildman–Crippen LogP) is 2.09. The van der Waals surface area contributed by atoms with Crippen molar-refractivity contribution in [3.8, 4) is 0 Å². The number of fused-ring (bicyclic) bond motifs is 1. The van der Waals surface area contributed by atoms with Crippen LogP contribution in [0.4, 0.5) is 4.79 Å². The van der Waals surface area contributed by atoms with Gasteiger partial charge in [0.15, 0.2) is 5.69 Å². The third-order valence-electron chi connectivity index (χ3n) is 3.29. The first-order valence-electron chi connectivity index (χ1n) is 6.35. The van der Waals surface area contributed by atoms with Gasteiger partial charge in [0.2, 0.25) is 0 Å². The Hall–Kier alpha value is -2.05. The molecule has 0 saturated heterocycles. The highest BCUT2D eigenvalue weighted by Crippen LogP contribution is 2.39. The lowest BCUT2D eigenvalue weighted by Gasteiger charge is -2.33. The zero-order valence-electron chi connectivity index (χ0n) is 12.3. The Bertz CT molecular complexity index is 569. The molecular formula is C13H19N3O4. The molecule has 0 atom stereocenters. The molecule has 20 heavy (non-hydrogen) atoms. The van der Waals surface area contributed by atoms with Crippen LogP contribution in [0.25, 0.3) is 0 Å². The van der Waals surface area contributed by atoms with E-state index in [0.717, 1.165) is 0 Å². The maximum absolute atomic E-state index is 12.2. The molecule has 1 aromatic rings. The van der Waals surface area contributed by atoms with E-state index in [1.165, 1.54) is 4.90 Å². The van der Waals surface area contributed by atoms with Crippen molar-refractivity contribution in [2.75, 3.05) is 0 Å². The van der Waals surface area contributed by atoms with Crippen molar-refractivity contribution in [1.82, 2.24) is 15.1 Å². The van der Waals surface area contributed by atoms with Gasteiger partial charge >= 0.3 is 12.1 Å². The number of H-pyrrole nitrogens is 1. The number of hydrogen-bond donors (Lipinski definition) is 2. The SMILES string of the molecule is CC(C)(C)OC(=O)N1Cc2c(C(=O)O)n[nH]c2C1(C)C. The number of carboxylic acid groups (broad SMARTS) is 1. The van der Waals surface area contributed by atoms with Gasteiger partial charge in [0.25, 0.3) is 0 Å². The number of ether oxygens (including phenoxy) is 1. The molecule has 2 heterocycles. The van der Waals surface area contributed by atoms with Crippen molar-refractivity contribution < 1.29 is 19.4 Å². The van der Waals surface area contributed by atoms with Crippen LogP contribution in [0.15, 0.2) is 0 Å². The summed E-state index contributed by atoms with van der Waals surface area (Å²) in [5.41, 5.74) is -0.149. The van der Waals surface area contributed by atoms with Crippen molar-refractivity contribution in [3.05, 3.63) is 17.0 Å². The molecule has 7 nitrogen and oxygen atoms in total. The Morgan fingerprint density at radius 1 is 1.40 bits per heavy atom. The number of rotatable bonds is 1. The molecule has 2 rings (SSSR count). The van der Waals surface area contributed by atoms with Crippen molar-refractivity contribution >= 4 is 12.1 Å². The summed E-state index contributed by atoms with van der Waals surface area (Å²) in [5.74, 6) is -1.11. The quantitative estimate of drug-likeness (QED) is 0.821. The van der Waals surface area contributed by atoms with E-state index in [1.807, 2.05) is 13.8 Å². The van der Waals surface area contributed by atoms with Crippen LogP contribution >= 0.6 is 0 Å². The molecule has 0 unspecified atom stereocenters. The number of hydrogen-bond acceptors (Lipinski definition) is 4. The van der Waals surface area contributed by atoms with Crippen LogP contribution in [-0.2, 0) is 16.8 Å². The van der Waals surface area contributed by atoms with E-state index in [4.69, 9.17) is 9.84 Å². The highest BCUT2D eigenvalue weighted by atomic mass is 16.6. The van der Waals surface area contributed by atoms with E-state index in [0.29, 0.717) is 11.3 Å². The molecule has 7 heteroatoms. The van der Waals surface area contributed by atoms with Crippen LogP contribution < -0.4 is 0 Å². The van der Waals surface area contributed by atoms with E-state index in [1.54, 1.807) is 20.8 Å². The topological polar surface area (TPSA) is 95.5 Å². The summed E-state index contributed by atoms with van der Waals surface area (Å²) in [6.45, 7) is 9.20. The number of carbonyl (C=O) groups excluding carboxylic acids is 1. The summed E-state index contributed by atoms with van der Waals surface area (Å²) in [7, 11) is 0. The lowest BCUT2D eigenvalue weighted by molar-refractivity contribution is 0.00431. The zero-order valence-corrected chi connectivity index (χ0v) is 12.3. The predicted molar refractivity (Wildman–Crippen MR) is 70.4 cm³/mol. The Kier molecular flexibility index (Phi) is 3.03. The summed E-state index contributed by atoms with van der Waals surface area (Å²) >= 11 is 0. The fourth-order valence-electron chi connectivity index (χ4n) is 2.30. The van der Waals surface area contributed by atoms with Crippen LogP contribution in [0.5, 0.6) is 0 Å². The fourth-order valence-corrected chi connectivity index (χ4v) is 2.30. The van der Waals surface area contributed by atoms with Gasteiger partial charge in [0.05, 0.1) is 17.8 Å². The lowest BCUT2D eigenvalue weighted by Crippen LogP contribution is -2.43. The molecule has 1 aliphatic heterocycles. The zero-order chi connectivity index (χ0) is 15.3. The second-order valence-electron chi connectivity index (χ2n) is 6.36. The fraction of sp³-hybridized carbons (Fsp3) is 0.615. The van der Waals surface area contributed by atoms with Crippen molar-refractivity contribution in [3.63, 3.8) is 0 Å². The number of aromatic nitrogens is 2. The van der Waals surface area contributed by atoms with Gasteiger partial charge in [-0.05, 0) is 34.6 Å². The molecule has 1 aliphatic rings. The van der Waals surface area contributed by atoms with Gasteiger partial charge in [-0.1, -0.05) is 0 Å². The Labute approximate surface area is 116 Å². The van der Waals surface area contributed by atoms with Gasteiger partial charge in [-0.25, -0.2) is 9.59 Å². The van der Waals surface area contributed by atoms with Crippen LogP contribution in [-0.4, -0.2) is 37.9 Å². The number of nitrogens with one attached hydrogen (secondary N) is 1. The van der Waals surface area contributed by atoms with E-state index in [9.17, 15) is 9.59 Å². The summed E-state index contributed by atoms with van der Waals surface area (Å²) in [4.78, 5) is 24.9. The average Bonchev–Trinajstić information content (AvgIpc) is 2.75. The molecule has 0 fully saturated rings. The van der Waals surface area contributed by atoms with Crippen LogP contribution in [0, 0.1) is 0 Å². The highest BCUT2D eigenvalue weighted by Gasteiger charge is 2.45. The first kappa shape index (κ1) is 14.4. The van der Waals surface area contributed by atoms with Gasteiger partial charge < -0.3 is 9.84 Å². The average molecular weight is 281 g/mol. The molecule has 0 saturated carbocycles. The summed E-state index contributed by atoms with van der Waals surface area (Å²) in [6.07, 6.45) is -0.469. The molecule has 0 aliphatic carbocycles. The third kappa shape index (κ3) is 2.23. The van der Waals surface area contributed by atoms with Crippen LogP contribution in [0.2, 0.25) is 0 Å². The normalized spacial score (nSPS) is 16.9. The maximum atomic E-state index is 12.2. The number of amides is 1. The monoisotopic (exact) mass is 281 g/mol. The molecule has 2 N–H and O–H groups in total. The minimum absolute atomic E-state index is 0.0425. The summed E-state index contributed by atoms with van der Waals surface area (Å²) in [5, 5.41) is 15.6. The van der Waals surface area contributed by atoms with E-state index in [2.05, 4.69) is 10.2 Å². The maximum Gasteiger partial charge on any atom is 0.411 e. The number of aromatic carboxylic acids is 1. The van der Waals surface area contributed by atoms with Gasteiger partial charge in [0.1, 0.15) is 5.60 Å². The van der Waals surface area contributed by atoms with Gasteiger partial charge in [0, 0.05) is 5.56 Å². The lowest BCUT2D eigenvalue weighted by atomic mass is 10.0. The number of carbonyl (C=O) groups is 2. The van der Waals surface area contributed by atoms with E-state index < -0.39 is 23.2 Å². The van der Waals surface area contributed by atoms with Gasteiger partial charge in [-0.3, -0.25) is 10.00 Å². The van der Waals surface area contributed by atoms with Crippen molar-refractivity contribution in [1.29, 1.82) is 0 Å². The third-order valence-corrected chi connectivity index (χ3v) is 3.29. The summed E-state index contributed by atoms with van der Waals surface area (Å²) < 4.78 is 5.36. The largest absolute Gasteiger partial charge is 0.476 e. The summed E-state index contributed by atoms with van der Waals surface area (Å²) in [6, 6.07) is 0. The molecular weight excluding hydrogens is 262 g/mol. The van der Waals surface area contributed by atoms with Crippen LogP contribution in [0.3, 0.4) is 0 Å². The number of nitrogens with zero attached hydrogens (tertiary/aromatic N) is 2. The van der Waals surface area contributed by atoms with Crippen molar-refractivity contribution in [2.45, 2.75) is 52.3 Å². The molecule has 0 radical (unpaired) electrons. The highest BCUT2D eigenvalue weighted by molar-refractivity contribution is 5.88. The second kappa shape index (κ2) is 4.22. The van der Waals surface area contributed by atoms with Crippen molar-refractivity contribution in [2.24, 2.45) is 0 Å². The second-order valence-corrected chi connectivity index (χ2v) is 6.36. The molecule has 0 spiro atoms. The van der Waals surface area contributed by atoms with E-state index in [-0.39, 0.29) is 12.2 Å².